The molecule has 0 bridgehead atoms. The number of hydrogen-bond acceptors (Lipinski definition) is 8. The number of rotatable bonds is 8. The summed E-state index contributed by atoms with van der Waals surface area (Å²) in [6, 6.07) is 2.71. The van der Waals surface area contributed by atoms with Crippen LogP contribution < -0.4 is 0 Å². The molecule has 0 aliphatic heterocycles. The standard InChI is InChI=1S/C12H16N4O6S/c1-3-22-12(18)9-8-10(15-14-9)23(19,20)16(7-5-13)6-4-11(17)21-2/h8H,3-4,6-7H2,1-2H3,(H,14,15). The SMILES string of the molecule is CCOC(=O)c1cc(S(=O)(=O)N(CC#N)CCC(=O)OC)[nH]n1. The molecule has 0 fully saturated rings. The van der Waals surface area contributed by atoms with Gasteiger partial charge in [-0.15, -0.1) is 0 Å². The minimum Gasteiger partial charge on any atom is -0.469 e. The van der Waals surface area contributed by atoms with Gasteiger partial charge in [-0.05, 0) is 6.92 Å². The third-order valence-electron chi connectivity index (χ3n) is 2.70. The van der Waals surface area contributed by atoms with E-state index in [1.807, 2.05) is 0 Å². The average molecular weight is 344 g/mol. The van der Waals surface area contributed by atoms with Crippen LogP contribution in [0.25, 0.3) is 0 Å². The van der Waals surface area contributed by atoms with Crippen LogP contribution in [0.5, 0.6) is 0 Å². The molecule has 0 aliphatic rings. The molecule has 23 heavy (non-hydrogen) atoms. The molecule has 1 rings (SSSR count). The minimum atomic E-state index is -4.12. The molecule has 0 amide bonds. The highest BCUT2D eigenvalue weighted by Gasteiger charge is 2.28. The van der Waals surface area contributed by atoms with Gasteiger partial charge in [-0.1, -0.05) is 0 Å². The van der Waals surface area contributed by atoms with E-state index in [4.69, 9.17) is 10.00 Å². The molecule has 11 heteroatoms. The first-order chi connectivity index (χ1) is 10.9. The van der Waals surface area contributed by atoms with Crippen LogP contribution in [0.2, 0.25) is 0 Å². The van der Waals surface area contributed by atoms with Crippen molar-refractivity contribution in [3.63, 3.8) is 0 Å². The number of ether oxygens (including phenoxy) is 2. The first-order valence-electron chi connectivity index (χ1n) is 6.53. The van der Waals surface area contributed by atoms with Gasteiger partial charge < -0.3 is 9.47 Å². The van der Waals surface area contributed by atoms with E-state index in [1.54, 1.807) is 13.0 Å². The van der Waals surface area contributed by atoms with Crippen LogP contribution in [-0.4, -0.2) is 61.7 Å². The third kappa shape index (κ3) is 4.76. The first kappa shape index (κ1) is 18.6. The van der Waals surface area contributed by atoms with Crippen molar-refractivity contribution in [2.24, 2.45) is 0 Å². The summed E-state index contributed by atoms with van der Waals surface area (Å²) in [6.45, 7) is 1.01. The number of nitrogens with one attached hydrogen (secondary N) is 1. The maximum Gasteiger partial charge on any atom is 0.358 e. The topological polar surface area (TPSA) is 142 Å². The van der Waals surface area contributed by atoms with Gasteiger partial charge in [-0.25, -0.2) is 13.2 Å². The van der Waals surface area contributed by atoms with Crippen LogP contribution in [0.15, 0.2) is 11.1 Å². The Bertz CT molecular complexity index is 705. The Morgan fingerprint density at radius 1 is 1.48 bits per heavy atom. The number of carbonyl (C=O) groups excluding carboxylic acids is 2. The van der Waals surface area contributed by atoms with Crippen molar-refractivity contribution < 1.29 is 27.5 Å². The second kappa shape index (κ2) is 8.25. The number of sulfonamides is 1. The number of nitriles is 1. The predicted octanol–water partition coefficient (Wildman–Crippen LogP) is -0.336. The van der Waals surface area contributed by atoms with Gasteiger partial charge in [0, 0.05) is 12.6 Å². The summed E-state index contributed by atoms with van der Waals surface area (Å²) in [6.07, 6.45) is -0.212. The van der Waals surface area contributed by atoms with Gasteiger partial charge in [0.1, 0.15) is 6.54 Å². The fourth-order valence-corrected chi connectivity index (χ4v) is 2.83. The molecular weight excluding hydrogens is 328 g/mol. The molecule has 1 heterocycles. The molecule has 0 saturated heterocycles. The van der Waals surface area contributed by atoms with Crippen LogP contribution in [-0.2, 0) is 24.3 Å². The highest BCUT2D eigenvalue weighted by atomic mass is 32.2. The van der Waals surface area contributed by atoms with Crippen molar-refractivity contribution in [3.05, 3.63) is 11.8 Å². The Balaban J connectivity index is 2.99. The van der Waals surface area contributed by atoms with Gasteiger partial charge in [-0.3, -0.25) is 9.89 Å². The molecule has 0 aromatic carbocycles. The zero-order chi connectivity index (χ0) is 17.5. The van der Waals surface area contributed by atoms with E-state index < -0.39 is 28.5 Å². The van der Waals surface area contributed by atoms with E-state index in [-0.39, 0.29) is 30.3 Å². The number of esters is 2. The van der Waals surface area contributed by atoms with E-state index in [9.17, 15) is 18.0 Å². The summed E-state index contributed by atoms with van der Waals surface area (Å²) < 4.78 is 34.8. The maximum atomic E-state index is 12.4. The van der Waals surface area contributed by atoms with Crippen LogP contribution in [0.4, 0.5) is 0 Å². The van der Waals surface area contributed by atoms with Gasteiger partial charge in [0.05, 0.1) is 26.2 Å². The van der Waals surface area contributed by atoms with Crippen molar-refractivity contribution >= 4 is 22.0 Å². The second-order valence-electron chi connectivity index (χ2n) is 4.16. The number of hydrogen-bond donors (Lipinski definition) is 1. The van der Waals surface area contributed by atoms with Crippen LogP contribution in [0.3, 0.4) is 0 Å². The van der Waals surface area contributed by atoms with E-state index >= 15 is 0 Å². The minimum absolute atomic E-state index is 0.119. The quantitative estimate of drug-likeness (QED) is 0.498. The third-order valence-corrected chi connectivity index (χ3v) is 4.45. The Kier molecular flexibility index (Phi) is 6.67. The number of nitrogens with zero attached hydrogens (tertiary/aromatic N) is 3. The fraction of sp³-hybridized carbons (Fsp3) is 0.500. The summed E-state index contributed by atoms with van der Waals surface area (Å²) in [5.74, 6) is -1.38. The summed E-state index contributed by atoms with van der Waals surface area (Å²) in [5, 5.41) is 14.2. The lowest BCUT2D eigenvalue weighted by Gasteiger charge is -2.17. The van der Waals surface area contributed by atoms with Gasteiger partial charge in [-0.2, -0.15) is 14.7 Å². The molecule has 1 aromatic rings. The Morgan fingerprint density at radius 3 is 2.74 bits per heavy atom. The maximum absolute atomic E-state index is 12.4. The molecule has 0 saturated carbocycles. The van der Waals surface area contributed by atoms with Crippen molar-refractivity contribution in [2.75, 3.05) is 26.8 Å². The van der Waals surface area contributed by atoms with Crippen LogP contribution in [0.1, 0.15) is 23.8 Å². The van der Waals surface area contributed by atoms with Crippen molar-refractivity contribution in [2.45, 2.75) is 18.4 Å². The number of H-pyrrole nitrogens is 1. The molecule has 0 aliphatic carbocycles. The fourth-order valence-electron chi connectivity index (χ4n) is 1.57. The summed E-state index contributed by atoms with van der Waals surface area (Å²) >= 11 is 0. The van der Waals surface area contributed by atoms with E-state index in [1.165, 1.54) is 7.11 Å². The molecule has 126 valence electrons. The summed E-state index contributed by atoms with van der Waals surface area (Å²) in [4.78, 5) is 22.6. The number of methoxy groups -OCH3 is 1. The Hall–Kier alpha value is -2.45. The average Bonchev–Trinajstić information content (AvgIpc) is 3.02. The lowest BCUT2D eigenvalue weighted by Crippen LogP contribution is -2.33. The number of aromatic nitrogens is 2. The molecule has 1 N–H and O–H groups in total. The van der Waals surface area contributed by atoms with Crippen LogP contribution in [0, 0.1) is 11.3 Å². The molecule has 0 radical (unpaired) electrons. The highest BCUT2D eigenvalue weighted by molar-refractivity contribution is 7.89. The second-order valence-corrected chi connectivity index (χ2v) is 6.07. The van der Waals surface area contributed by atoms with Gasteiger partial charge in [0.25, 0.3) is 10.0 Å². The Morgan fingerprint density at radius 2 is 2.17 bits per heavy atom. The summed E-state index contributed by atoms with van der Waals surface area (Å²) in [5.41, 5.74) is -0.199. The molecule has 0 unspecified atom stereocenters. The molecular formula is C12H16N4O6S. The zero-order valence-corrected chi connectivity index (χ0v) is 13.4. The summed E-state index contributed by atoms with van der Waals surface area (Å²) in [7, 11) is -2.94. The zero-order valence-electron chi connectivity index (χ0n) is 12.6. The van der Waals surface area contributed by atoms with Gasteiger partial charge in [0.2, 0.25) is 0 Å². The number of aromatic amines is 1. The van der Waals surface area contributed by atoms with E-state index in [0.717, 1.165) is 10.4 Å². The number of carbonyl (C=O) groups is 2. The van der Waals surface area contributed by atoms with E-state index in [0.29, 0.717) is 0 Å². The molecule has 0 spiro atoms. The monoisotopic (exact) mass is 344 g/mol. The molecule has 10 nitrogen and oxygen atoms in total. The smallest absolute Gasteiger partial charge is 0.358 e. The van der Waals surface area contributed by atoms with Gasteiger partial charge >= 0.3 is 11.9 Å². The predicted molar refractivity (Wildman–Crippen MR) is 75.5 cm³/mol. The lowest BCUT2D eigenvalue weighted by atomic mass is 10.4. The normalized spacial score (nSPS) is 11.0. The largest absolute Gasteiger partial charge is 0.469 e. The first-order valence-corrected chi connectivity index (χ1v) is 7.97. The van der Waals surface area contributed by atoms with Crippen LogP contribution >= 0.6 is 0 Å². The highest BCUT2D eigenvalue weighted by Crippen LogP contribution is 2.15. The van der Waals surface area contributed by atoms with Gasteiger partial charge in [0.15, 0.2) is 10.7 Å². The van der Waals surface area contributed by atoms with E-state index in [2.05, 4.69) is 14.9 Å². The van der Waals surface area contributed by atoms with Crippen molar-refractivity contribution in [1.82, 2.24) is 14.5 Å². The Labute approximate surface area is 133 Å². The lowest BCUT2D eigenvalue weighted by molar-refractivity contribution is -0.140. The molecule has 1 aromatic heterocycles. The van der Waals surface area contributed by atoms with Crippen molar-refractivity contribution in [3.8, 4) is 6.07 Å². The van der Waals surface area contributed by atoms with Crippen molar-refractivity contribution in [1.29, 1.82) is 5.26 Å². The molecule has 0 atom stereocenters.